The first-order chi connectivity index (χ1) is 12.8. The average molecular weight is 382 g/mol. The molecule has 27 heavy (non-hydrogen) atoms. The zero-order chi connectivity index (χ0) is 19.6. The molecule has 0 fully saturated rings. The summed E-state index contributed by atoms with van der Waals surface area (Å²) in [5, 5.41) is 15.8. The van der Waals surface area contributed by atoms with Crippen molar-refractivity contribution in [2.24, 2.45) is 7.05 Å². The summed E-state index contributed by atoms with van der Waals surface area (Å²) in [6.45, 7) is 7.90. The second-order valence-electron chi connectivity index (χ2n) is 7.17. The molecule has 3 aromatic rings. The molecule has 0 spiro atoms. The minimum atomic E-state index is -0.299. The molecule has 8 heteroatoms. The fourth-order valence-electron chi connectivity index (χ4n) is 2.50. The Morgan fingerprint density at radius 1 is 1.19 bits per heavy atom. The van der Waals surface area contributed by atoms with Gasteiger partial charge in [-0.05, 0) is 19.1 Å². The number of rotatable bonds is 4. The van der Waals surface area contributed by atoms with Gasteiger partial charge in [0.25, 0.3) is 5.91 Å². The lowest BCUT2D eigenvalue weighted by molar-refractivity contribution is 0.102. The topological polar surface area (TPSA) is 85.6 Å². The molecule has 0 saturated heterocycles. The summed E-state index contributed by atoms with van der Waals surface area (Å²) in [4.78, 5) is 18.4. The van der Waals surface area contributed by atoms with Gasteiger partial charge in [-0.15, -0.1) is 5.10 Å². The highest BCUT2D eigenvalue weighted by molar-refractivity contribution is 7.99. The Hall–Kier alpha value is -2.74. The third-order valence-electron chi connectivity index (χ3n) is 3.91. The highest BCUT2D eigenvalue weighted by atomic mass is 32.2. The number of carbonyl (C=O) groups excluding carboxylic acids is 1. The quantitative estimate of drug-likeness (QED) is 0.742. The molecule has 0 aliphatic heterocycles. The number of benzene rings is 1. The molecule has 7 nitrogen and oxygen atoms in total. The van der Waals surface area contributed by atoms with Crippen LogP contribution in [0.25, 0.3) is 0 Å². The summed E-state index contributed by atoms with van der Waals surface area (Å²) in [5.41, 5.74) is 1.73. The van der Waals surface area contributed by atoms with E-state index in [2.05, 4.69) is 25.6 Å². The predicted octanol–water partition coefficient (Wildman–Crippen LogP) is 3.61. The van der Waals surface area contributed by atoms with Crippen molar-refractivity contribution < 1.29 is 4.79 Å². The second kappa shape index (κ2) is 7.48. The Labute approximate surface area is 162 Å². The van der Waals surface area contributed by atoms with Crippen LogP contribution in [0.2, 0.25) is 0 Å². The van der Waals surface area contributed by atoms with Gasteiger partial charge in [0.2, 0.25) is 5.95 Å². The summed E-state index contributed by atoms with van der Waals surface area (Å²) in [7, 11) is 1.83. The molecule has 0 aliphatic rings. The van der Waals surface area contributed by atoms with Crippen LogP contribution in [-0.2, 0) is 12.5 Å². The van der Waals surface area contributed by atoms with E-state index in [1.54, 1.807) is 10.9 Å². The van der Waals surface area contributed by atoms with Gasteiger partial charge in [0.15, 0.2) is 0 Å². The number of amides is 1. The molecule has 0 unspecified atom stereocenters. The largest absolute Gasteiger partial charge is 0.289 e. The normalized spacial score (nSPS) is 11.4. The molecule has 0 aliphatic carbocycles. The fraction of sp³-hybridized carbons (Fsp3) is 0.316. The number of nitrogens with one attached hydrogen (secondary N) is 1. The molecule has 1 aromatic carbocycles. The van der Waals surface area contributed by atoms with Crippen LogP contribution >= 0.6 is 11.8 Å². The third-order valence-corrected chi connectivity index (χ3v) is 5.08. The van der Waals surface area contributed by atoms with Crippen molar-refractivity contribution >= 4 is 23.6 Å². The van der Waals surface area contributed by atoms with Gasteiger partial charge in [0.1, 0.15) is 5.03 Å². The van der Waals surface area contributed by atoms with Gasteiger partial charge in [-0.1, -0.05) is 50.7 Å². The molecule has 0 bridgehead atoms. The van der Waals surface area contributed by atoms with Crippen LogP contribution in [0.3, 0.4) is 0 Å². The maximum absolute atomic E-state index is 12.9. The van der Waals surface area contributed by atoms with Crippen molar-refractivity contribution in [2.45, 2.75) is 43.0 Å². The van der Waals surface area contributed by atoms with Gasteiger partial charge in [0, 0.05) is 17.4 Å². The lowest BCUT2D eigenvalue weighted by Gasteiger charge is -2.17. The molecule has 0 saturated carbocycles. The molecule has 1 amide bonds. The standard InChI is InChI=1S/C19H22N6OS/c1-12-15(17(25(5)24-12)27-13-9-7-6-8-10-13)16(26)22-18-21-14(11-20-23-18)19(2,3)4/h6-11H,1-5H3,(H,21,22,23,26). The van der Waals surface area contributed by atoms with Crippen molar-refractivity contribution in [3.63, 3.8) is 0 Å². The van der Waals surface area contributed by atoms with E-state index in [1.807, 2.05) is 65.1 Å². The van der Waals surface area contributed by atoms with Crippen molar-refractivity contribution in [2.75, 3.05) is 5.32 Å². The zero-order valence-electron chi connectivity index (χ0n) is 16.0. The zero-order valence-corrected chi connectivity index (χ0v) is 16.8. The lowest BCUT2D eigenvalue weighted by Crippen LogP contribution is -2.20. The van der Waals surface area contributed by atoms with E-state index in [1.165, 1.54) is 11.8 Å². The predicted molar refractivity (Wildman–Crippen MR) is 105 cm³/mol. The number of hydrogen-bond donors (Lipinski definition) is 1. The molecule has 1 N–H and O–H groups in total. The summed E-state index contributed by atoms with van der Waals surface area (Å²) in [5.74, 6) is -0.113. The highest BCUT2D eigenvalue weighted by Crippen LogP contribution is 2.32. The number of anilines is 1. The van der Waals surface area contributed by atoms with E-state index < -0.39 is 0 Å². The first kappa shape index (κ1) is 19.0. The van der Waals surface area contributed by atoms with Gasteiger partial charge in [0.05, 0.1) is 23.1 Å². The number of nitrogens with zero attached hydrogens (tertiary/aromatic N) is 5. The van der Waals surface area contributed by atoms with Crippen LogP contribution in [0.1, 0.15) is 42.5 Å². The Kier molecular flexibility index (Phi) is 5.27. The van der Waals surface area contributed by atoms with Crippen molar-refractivity contribution in [3.8, 4) is 0 Å². The van der Waals surface area contributed by atoms with Gasteiger partial charge >= 0.3 is 0 Å². The Balaban J connectivity index is 1.89. The number of aryl methyl sites for hydroxylation is 2. The minimum Gasteiger partial charge on any atom is -0.289 e. The van der Waals surface area contributed by atoms with Crippen molar-refractivity contribution in [3.05, 3.63) is 53.5 Å². The maximum Gasteiger partial charge on any atom is 0.262 e. The first-order valence-corrected chi connectivity index (χ1v) is 9.35. The average Bonchev–Trinajstić information content (AvgIpc) is 2.89. The van der Waals surface area contributed by atoms with Gasteiger partial charge in [-0.3, -0.25) is 14.8 Å². The summed E-state index contributed by atoms with van der Waals surface area (Å²) in [6.07, 6.45) is 1.61. The van der Waals surface area contributed by atoms with E-state index in [9.17, 15) is 4.79 Å². The van der Waals surface area contributed by atoms with E-state index in [0.717, 1.165) is 15.6 Å². The SMILES string of the molecule is Cc1nn(C)c(Sc2ccccc2)c1C(=O)Nc1nncc(C(C)(C)C)n1. The Bertz CT molecular complexity index is 962. The third kappa shape index (κ3) is 4.33. The molecular weight excluding hydrogens is 360 g/mol. The number of hydrogen-bond acceptors (Lipinski definition) is 6. The van der Waals surface area contributed by atoms with Crippen LogP contribution in [-0.4, -0.2) is 30.9 Å². The van der Waals surface area contributed by atoms with Gasteiger partial charge in [-0.2, -0.15) is 10.2 Å². The second-order valence-corrected chi connectivity index (χ2v) is 8.24. The summed E-state index contributed by atoms with van der Waals surface area (Å²) < 4.78 is 1.71. The first-order valence-electron chi connectivity index (χ1n) is 8.54. The molecule has 140 valence electrons. The van der Waals surface area contributed by atoms with E-state index in [0.29, 0.717) is 11.3 Å². The molecule has 0 atom stereocenters. The highest BCUT2D eigenvalue weighted by Gasteiger charge is 2.23. The van der Waals surface area contributed by atoms with Crippen LogP contribution in [0.5, 0.6) is 0 Å². The Morgan fingerprint density at radius 3 is 2.56 bits per heavy atom. The molecule has 2 heterocycles. The Morgan fingerprint density at radius 2 is 1.89 bits per heavy atom. The van der Waals surface area contributed by atoms with Gasteiger partial charge < -0.3 is 0 Å². The monoisotopic (exact) mass is 382 g/mol. The minimum absolute atomic E-state index is 0.186. The molecule has 2 aromatic heterocycles. The van der Waals surface area contributed by atoms with Crippen molar-refractivity contribution in [1.29, 1.82) is 0 Å². The van der Waals surface area contributed by atoms with Crippen LogP contribution < -0.4 is 5.32 Å². The van der Waals surface area contributed by atoms with Crippen LogP contribution in [0.4, 0.5) is 5.95 Å². The number of aromatic nitrogens is 5. The molecular formula is C19H22N6OS. The van der Waals surface area contributed by atoms with Crippen LogP contribution in [0, 0.1) is 6.92 Å². The lowest BCUT2D eigenvalue weighted by atomic mass is 9.93. The maximum atomic E-state index is 12.9. The van der Waals surface area contributed by atoms with E-state index in [4.69, 9.17) is 0 Å². The smallest absolute Gasteiger partial charge is 0.262 e. The molecule has 0 radical (unpaired) electrons. The van der Waals surface area contributed by atoms with Crippen LogP contribution in [0.15, 0.2) is 46.5 Å². The summed E-state index contributed by atoms with van der Waals surface area (Å²) >= 11 is 1.49. The number of carbonyl (C=O) groups is 1. The van der Waals surface area contributed by atoms with E-state index >= 15 is 0 Å². The van der Waals surface area contributed by atoms with Crippen molar-refractivity contribution in [1.82, 2.24) is 25.0 Å². The van der Waals surface area contributed by atoms with E-state index in [-0.39, 0.29) is 17.3 Å². The fourth-order valence-corrected chi connectivity index (χ4v) is 3.53. The van der Waals surface area contributed by atoms with Gasteiger partial charge in [-0.25, -0.2) is 4.98 Å². The molecule has 3 rings (SSSR count). The summed E-state index contributed by atoms with van der Waals surface area (Å²) in [6, 6.07) is 9.87.